The lowest BCUT2D eigenvalue weighted by Gasteiger charge is -2.42. The predicted octanol–water partition coefficient (Wildman–Crippen LogP) is 4.38. The Morgan fingerprint density at radius 3 is 2.64 bits per heavy atom. The molecule has 0 N–H and O–H groups in total. The highest BCUT2D eigenvalue weighted by atomic mass is 16.7. The van der Waals surface area contributed by atoms with Crippen molar-refractivity contribution < 1.29 is 19.0 Å². The van der Waals surface area contributed by atoms with Gasteiger partial charge in [-0.2, -0.15) is 0 Å². The largest absolute Gasteiger partial charge is 0.378 e. The molecule has 0 aromatic carbocycles. The van der Waals surface area contributed by atoms with E-state index in [-0.39, 0.29) is 29.1 Å². The van der Waals surface area contributed by atoms with Gasteiger partial charge in [0.25, 0.3) is 0 Å². The van der Waals surface area contributed by atoms with Crippen molar-refractivity contribution in [1.82, 2.24) is 0 Å². The van der Waals surface area contributed by atoms with Crippen molar-refractivity contribution in [2.45, 2.75) is 72.2 Å². The molecular weight excluding hydrogens is 352 g/mol. The van der Waals surface area contributed by atoms with E-state index in [4.69, 9.17) is 14.2 Å². The van der Waals surface area contributed by atoms with Crippen LogP contribution in [0.2, 0.25) is 0 Å². The summed E-state index contributed by atoms with van der Waals surface area (Å²) in [6, 6.07) is 0. The fourth-order valence-electron chi connectivity index (χ4n) is 4.96. The van der Waals surface area contributed by atoms with Crippen LogP contribution < -0.4 is 0 Å². The number of fused-ring (bicyclic) bond motifs is 1. The van der Waals surface area contributed by atoms with Crippen LogP contribution in [0.3, 0.4) is 0 Å². The van der Waals surface area contributed by atoms with Crippen LogP contribution in [-0.4, -0.2) is 37.5 Å². The number of carbonyl (C=O) groups is 1. The van der Waals surface area contributed by atoms with Gasteiger partial charge in [-0.1, -0.05) is 26.8 Å². The number of rotatable bonds is 6. The number of hydrogen-bond acceptors (Lipinski definition) is 4. The Morgan fingerprint density at radius 1 is 1.29 bits per heavy atom. The van der Waals surface area contributed by atoms with Crippen LogP contribution in [0.5, 0.6) is 0 Å². The first kappa shape index (κ1) is 21.6. The first-order chi connectivity index (χ1) is 13.3. The fourth-order valence-corrected chi connectivity index (χ4v) is 4.96. The summed E-state index contributed by atoms with van der Waals surface area (Å²) in [5.74, 6) is 6.77. The van der Waals surface area contributed by atoms with Crippen LogP contribution in [-0.2, 0) is 19.0 Å². The maximum absolute atomic E-state index is 12.5. The summed E-state index contributed by atoms with van der Waals surface area (Å²) in [5, 5.41) is 0. The number of ether oxygens (including phenoxy) is 3. The van der Waals surface area contributed by atoms with E-state index in [2.05, 4.69) is 31.8 Å². The highest BCUT2D eigenvalue weighted by molar-refractivity contribution is 5.91. The Hall–Kier alpha value is -1.15. The molecule has 1 spiro atoms. The van der Waals surface area contributed by atoms with Gasteiger partial charge in [0, 0.05) is 43.1 Å². The summed E-state index contributed by atoms with van der Waals surface area (Å²) in [4.78, 5) is 12.5. The predicted molar refractivity (Wildman–Crippen MR) is 110 cm³/mol. The molecule has 1 aliphatic heterocycles. The van der Waals surface area contributed by atoms with E-state index in [1.807, 2.05) is 20.8 Å². The standard InChI is InChI=1S/C24H36O4/c1-6-8-9-17(3)21(25)11-10-19-20-14-24(27-15-23(4,5)16-28-24)13-18(20)12-22(19)26-7-2/h10-11,17-20,22H,7,9,12-16H2,1-5H3/b11-10+/t17?,18-,19-,20+,22-/m1/s1. The first-order valence-corrected chi connectivity index (χ1v) is 10.8. The molecular formula is C24H36O4. The second-order valence-corrected chi connectivity index (χ2v) is 9.58. The van der Waals surface area contributed by atoms with Crippen molar-refractivity contribution in [1.29, 1.82) is 0 Å². The van der Waals surface area contributed by atoms with Crippen LogP contribution in [0.4, 0.5) is 0 Å². The van der Waals surface area contributed by atoms with Crippen molar-refractivity contribution in [3.63, 3.8) is 0 Å². The summed E-state index contributed by atoms with van der Waals surface area (Å²) < 4.78 is 18.6. The van der Waals surface area contributed by atoms with Crippen LogP contribution in [0.25, 0.3) is 0 Å². The third kappa shape index (κ3) is 4.70. The number of ketones is 1. The number of hydrogen-bond donors (Lipinski definition) is 0. The molecule has 2 saturated carbocycles. The van der Waals surface area contributed by atoms with Gasteiger partial charge in [0.05, 0.1) is 19.3 Å². The van der Waals surface area contributed by atoms with Gasteiger partial charge in [0.15, 0.2) is 11.6 Å². The molecule has 156 valence electrons. The molecule has 0 radical (unpaired) electrons. The molecule has 3 aliphatic rings. The van der Waals surface area contributed by atoms with E-state index in [1.54, 1.807) is 6.08 Å². The molecule has 28 heavy (non-hydrogen) atoms. The Morgan fingerprint density at radius 2 is 2.00 bits per heavy atom. The molecule has 0 aromatic rings. The summed E-state index contributed by atoms with van der Waals surface area (Å²) >= 11 is 0. The zero-order valence-electron chi connectivity index (χ0n) is 18.1. The van der Waals surface area contributed by atoms with Crippen LogP contribution in [0, 0.1) is 40.9 Å². The Bertz CT molecular complexity index is 643. The van der Waals surface area contributed by atoms with E-state index >= 15 is 0 Å². The van der Waals surface area contributed by atoms with Crippen molar-refractivity contribution in [2.75, 3.05) is 19.8 Å². The topological polar surface area (TPSA) is 44.8 Å². The lowest BCUT2D eigenvalue weighted by molar-refractivity contribution is -0.298. The van der Waals surface area contributed by atoms with Crippen molar-refractivity contribution in [3.05, 3.63) is 12.2 Å². The SMILES string of the molecule is CC#CCC(C)C(=O)/C=C/[C@@H]1[C@H]2CC3(C[C@H]2C[C@H]1OCC)OCC(C)(C)CO3. The molecule has 1 unspecified atom stereocenters. The van der Waals surface area contributed by atoms with E-state index < -0.39 is 5.79 Å². The van der Waals surface area contributed by atoms with Gasteiger partial charge >= 0.3 is 0 Å². The average molecular weight is 389 g/mol. The first-order valence-electron chi connectivity index (χ1n) is 10.8. The molecule has 4 nitrogen and oxygen atoms in total. The molecule has 3 rings (SSSR count). The fraction of sp³-hybridized carbons (Fsp3) is 0.792. The van der Waals surface area contributed by atoms with Crippen molar-refractivity contribution in [3.8, 4) is 11.8 Å². The third-order valence-electron chi connectivity index (χ3n) is 6.57. The molecule has 5 atom stereocenters. The lowest BCUT2D eigenvalue weighted by Crippen LogP contribution is -2.46. The van der Waals surface area contributed by atoms with Crippen molar-refractivity contribution >= 4 is 5.78 Å². The summed E-state index contributed by atoms with van der Waals surface area (Å²) in [5.41, 5.74) is 0.0834. The average Bonchev–Trinajstić information content (AvgIpc) is 3.15. The minimum Gasteiger partial charge on any atom is -0.378 e. The van der Waals surface area contributed by atoms with Gasteiger partial charge in [-0.05, 0) is 38.2 Å². The van der Waals surface area contributed by atoms with Crippen molar-refractivity contribution in [2.24, 2.45) is 29.1 Å². The molecule has 1 saturated heterocycles. The van der Waals surface area contributed by atoms with Gasteiger partial charge in [-0.25, -0.2) is 0 Å². The van der Waals surface area contributed by atoms with Crippen LogP contribution in [0.1, 0.15) is 60.3 Å². The van der Waals surface area contributed by atoms with E-state index in [9.17, 15) is 4.79 Å². The zero-order valence-corrected chi connectivity index (χ0v) is 18.1. The van der Waals surface area contributed by atoms with E-state index in [0.717, 1.165) is 32.5 Å². The monoisotopic (exact) mass is 388 g/mol. The van der Waals surface area contributed by atoms with E-state index in [0.29, 0.717) is 24.9 Å². The Kier molecular flexibility index (Phi) is 6.69. The maximum atomic E-state index is 12.5. The van der Waals surface area contributed by atoms with Crippen LogP contribution >= 0.6 is 0 Å². The smallest absolute Gasteiger partial charge is 0.168 e. The molecule has 0 bridgehead atoms. The van der Waals surface area contributed by atoms with Gasteiger partial charge < -0.3 is 14.2 Å². The molecule has 0 aromatic heterocycles. The second kappa shape index (κ2) is 8.69. The molecule has 3 fully saturated rings. The Labute approximate surface area is 170 Å². The second-order valence-electron chi connectivity index (χ2n) is 9.58. The maximum Gasteiger partial charge on any atom is 0.168 e. The zero-order chi connectivity index (χ0) is 20.4. The molecule has 2 aliphatic carbocycles. The third-order valence-corrected chi connectivity index (χ3v) is 6.57. The number of allylic oxidation sites excluding steroid dienone is 1. The number of carbonyl (C=O) groups excluding carboxylic acids is 1. The minimum atomic E-state index is -0.428. The van der Waals surface area contributed by atoms with Gasteiger partial charge in [-0.15, -0.1) is 11.8 Å². The molecule has 0 amide bonds. The van der Waals surface area contributed by atoms with Gasteiger partial charge in [0.1, 0.15) is 0 Å². The highest BCUT2D eigenvalue weighted by Crippen LogP contribution is 2.55. The lowest BCUT2D eigenvalue weighted by atomic mass is 9.89. The molecule has 1 heterocycles. The molecule has 4 heteroatoms. The summed E-state index contributed by atoms with van der Waals surface area (Å²) in [7, 11) is 0. The normalized spacial score (nSPS) is 34.2. The van der Waals surface area contributed by atoms with E-state index in [1.165, 1.54) is 0 Å². The highest BCUT2D eigenvalue weighted by Gasteiger charge is 2.56. The minimum absolute atomic E-state index is 0.0615. The summed E-state index contributed by atoms with van der Waals surface area (Å²) in [6.07, 6.45) is 7.55. The van der Waals surface area contributed by atoms with Gasteiger partial charge in [-0.3, -0.25) is 4.79 Å². The van der Waals surface area contributed by atoms with Crippen LogP contribution in [0.15, 0.2) is 12.2 Å². The Balaban J connectivity index is 1.68. The summed E-state index contributed by atoms with van der Waals surface area (Å²) in [6.45, 7) is 12.4. The van der Waals surface area contributed by atoms with Gasteiger partial charge in [0.2, 0.25) is 0 Å². The quantitative estimate of drug-likeness (QED) is 0.500.